The van der Waals surface area contributed by atoms with Crippen molar-refractivity contribution in [3.05, 3.63) is 35.4 Å². The van der Waals surface area contributed by atoms with E-state index in [4.69, 9.17) is 0 Å². The molecule has 0 aliphatic rings. The van der Waals surface area contributed by atoms with Gasteiger partial charge >= 0.3 is 0 Å². The molecule has 20 heavy (non-hydrogen) atoms. The van der Waals surface area contributed by atoms with Gasteiger partial charge in [-0.3, -0.25) is 0 Å². The SMILES string of the molecule is CC(C)(C)CC(O)CNCC(O)c1cc(F)ccc1F. The van der Waals surface area contributed by atoms with E-state index in [-0.39, 0.29) is 17.5 Å². The fraction of sp³-hybridized carbons (Fsp3) is 0.600. The molecule has 2 unspecified atom stereocenters. The van der Waals surface area contributed by atoms with Gasteiger partial charge < -0.3 is 15.5 Å². The van der Waals surface area contributed by atoms with E-state index in [0.717, 1.165) is 18.2 Å². The van der Waals surface area contributed by atoms with E-state index in [9.17, 15) is 19.0 Å². The molecule has 0 aromatic heterocycles. The minimum absolute atomic E-state index is 0.00831. The summed E-state index contributed by atoms with van der Waals surface area (Å²) in [5, 5.41) is 22.5. The topological polar surface area (TPSA) is 52.5 Å². The van der Waals surface area contributed by atoms with Crippen molar-refractivity contribution in [1.82, 2.24) is 5.32 Å². The monoisotopic (exact) mass is 287 g/mol. The molecule has 0 amide bonds. The Kier molecular flexibility index (Phi) is 6.05. The molecule has 1 aromatic rings. The number of hydrogen-bond donors (Lipinski definition) is 3. The van der Waals surface area contributed by atoms with Crippen molar-refractivity contribution in [2.45, 2.75) is 39.4 Å². The van der Waals surface area contributed by atoms with Gasteiger partial charge in [-0.2, -0.15) is 0 Å². The Hall–Kier alpha value is -1.04. The summed E-state index contributed by atoms with van der Waals surface area (Å²) in [6, 6.07) is 2.97. The molecular formula is C15H23F2NO2. The normalized spacial score (nSPS) is 15.2. The summed E-state index contributed by atoms with van der Waals surface area (Å²) < 4.78 is 26.4. The van der Waals surface area contributed by atoms with Crippen molar-refractivity contribution in [3.8, 4) is 0 Å². The summed E-state index contributed by atoms with van der Waals surface area (Å²) in [6.45, 7) is 6.42. The van der Waals surface area contributed by atoms with Crippen LogP contribution >= 0.6 is 0 Å². The van der Waals surface area contributed by atoms with Crippen LogP contribution in [0.3, 0.4) is 0 Å². The number of rotatable bonds is 6. The van der Waals surface area contributed by atoms with Gasteiger partial charge in [0.15, 0.2) is 0 Å². The summed E-state index contributed by atoms with van der Waals surface area (Å²) in [7, 11) is 0. The largest absolute Gasteiger partial charge is 0.392 e. The highest BCUT2D eigenvalue weighted by atomic mass is 19.1. The van der Waals surface area contributed by atoms with Crippen molar-refractivity contribution in [2.75, 3.05) is 13.1 Å². The summed E-state index contributed by atoms with van der Waals surface area (Å²) in [5.41, 5.74) is -0.0724. The Labute approximate surface area is 118 Å². The smallest absolute Gasteiger partial charge is 0.129 e. The van der Waals surface area contributed by atoms with Crippen LogP contribution in [0.5, 0.6) is 0 Å². The average Bonchev–Trinajstić information content (AvgIpc) is 2.29. The number of aliphatic hydroxyl groups excluding tert-OH is 2. The molecule has 0 saturated heterocycles. The second-order valence-corrected chi connectivity index (χ2v) is 6.26. The zero-order valence-electron chi connectivity index (χ0n) is 12.2. The van der Waals surface area contributed by atoms with E-state index >= 15 is 0 Å². The van der Waals surface area contributed by atoms with E-state index in [0.29, 0.717) is 13.0 Å². The van der Waals surface area contributed by atoms with Crippen molar-refractivity contribution in [2.24, 2.45) is 5.41 Å². The van der Waals surface area contributed by atoms with Crippen LogP contribution in [0.25, 0.3) is 0 Å². The van der Waals surface area contributed by atoms with Gasteiger partial charge in [0.25, 0.3) is 0 Å². The van der Waals surface area contributed by atoms with Crippen molar-refractivity contribution >= 4 is 0 Å². The highest BCUT2D eigenvalue weighted by Gasteiger charge is 2.18. The maximum absolute atomic E-state index is 13.4. The molecule has 0 saturated carbocycles. The molecule has 1 aromatic carbocycles. The molecule has 0 aliphatic carbocycles. The van der Waals surface area contributed by atoms with Crippen LogP contribution in [-0.2, 0) is 0 Å². The highest BCUT2D eigenvalue weighted by Crippen LogP contribution is 2.21. The van der Waals surface area contributed by atoms with E-state index in [2.05, 4.69) is 5.32 Å². The van der Waals surface area contributed by atoms with Crippen LogP contribution in [0.1, 0.15) is 38.9 Å². The first kappa shape index (κ1) is 17.0. The predicted octanol–water partition coefficient (Wildman–Crippen LogP) is 2.38. The molecule has 0 aliphatic heterocycles. The fourth-order valence-corrected chi connectivity index (χ4v) is 2.05. The van der Waals surface area contributed by atoms with E-state index in [1.165, 1.54) is 0 Å². The second-order valence-electron chi connectivity index (χ2n) is 6.26. The molecular weight excluding hydrogens is 264 g/mol. The van der Waals surface area contributed by atoms with Crippen molar-refractivity contribution in [1.29, 1.82) is 0 Å². The molecule has 2 atom stereocenters. The van der Waals surface area contributed by atoms with Gasteiger partial charge in [0, 0.05) is 18.7 Å². The molecule has 0 heterocycles. The third-order valence-corrected chi connectivity index (χ3v) is 2.88. The summed E-state index contributed by atoms with van der Waals surface area (Å²) >= 11 is 0. The number of hydrogen-bond acceptors (Lipinski definition) is 3. The van der Waals surface area contributed by atoms with Gasteiger partial charge in [-0.05, 0) is 30.0 Å². The maximum Gasteiger partial charge on any atom is 0.129 e. The van der Waals surface area contributed by atoms with E-state index in [1.807, 2.05) is 20.8 Å². The van der Waals surface area contributed by atoms with Crippen LogP contribution in [0, 0.1) is 17.0 Å². The quantitative estimate of drug-likeness (QED) is 0.753. The van der Waals surface area contributed by atoms with Gasteiger partial charge in [0.1, 0.15) is 11.6 Å². The zero-order chi connectivity index (χ0) is 15.3. The number of benzene rings is 1. The summed E-state index contributed by atoms with van der Waals surface area (Å²) in [4.78, 5) is 0. The number of halogens is 2. The lowest BCUT2D eigenvalue weighted by Crippen LogP contribution is -2.32. The molecule has 0 bridgehead atoms. The molecule has 5 heteroatoms. The Balaban J connectivity index is 2.44. The maximum atomic E-state index is 13.4. The summed E-state index contributed by atoms with van der Waals surface area (Å²) in [6.07, 6.45) is -1.07. The predicted molar refractivity (Wildman–Crippen MR) is 74.3 cm³/mol. The lowest BCUT2D eigenvalue weighted by molar-refractivity contribution is 0.110. The molecule has 1 rings (SSSR count). The van der Waals surface area contributed by atoms with Crippen molar-refractivity contribution in [3.63, 3.8) is 0 Å². The van der Waals surface area contributed by atoms with Crippen LogP contribution in [0.4, 0.5) is 8.78 Å². The van der Waals surface area contributed by atoms with Crippen LogP contribution in [0.15, 0.2) is 18.2 Å². The number of nitrogens with one attached hydrogen (secondary N) is 1. The first-order valence-corrected chi connectivity index (χ1v) is 6.71. The van der Waals surface area contributed by atoms with Crippen LogP contribution in [-0.4, -0.2) is 29.4 Å². The third-order valence-electron chi connectivity index (χ3n) is 2.88. The first-order valence-electron chi connectivity index (χ1n) is 6.71. The van der Waals surface area contributed by atoms with Crippen molar-refractivity contribution < 1.29 is 19.0 Å². The fourth-order valence-electron chi connectivity index (χ4n) is 2.05. The summed E-state index contributed by atoms with van der Waals surface area (Å²) in [5.74, 6) is -1.23. The van der Waals surface area contributed by atoms with Crippen LogP contribution in [0.2, 0.25) is 0 Å². The molecule has 0 spiro atoms. The Morgan fingerprint density at radius 2 is 1.80 bits per heavy atom. The lowest BCUT2D eigenvalue weighted by atomic mass is 9.89. The average molecular weight is 287 g/mol. The van der Waals surface area contributed by atoms with E-state index < -0.39 is 23.8 Å². The van der Waals surface area contributed by atoms with Gasteiger partial charge in [0.2, 0.25) is 0 Å². The Morgan fingerprint density at radius 3 is 2.40 bits per heavy atom. The minimum Gasteiger partial charge on any atom is -0.392 e. The Morgan fingerprint density at radius 1 is 1.15 bits per heavy atom. The molecule has 0 fully saturated rings. The molecule has 3 N–H and O–H groups in total. The third kappa shape index (κ3) is 5.94. The molecule has 3 nitrogen and oxygen atoms in total. The standard InChI is InChI=1S/C15H23F2NO2/c1-15(2,3)7-11(19)8-18-9-14(20)12-6-10(16)4-5-13(12)17/h4-6,11,14,18-20H,7-9H2,1-3H3. The van der Waals surface area contributed by atoms with Gasteiger partial charge in [-0.1, -0.05) is 20.8 Å². The highest BCUT2D eigenvalue weighted by molar-refractivity contribution is 5.21. The van der Waals surface area contributed by atoms with Gasteiger partial charge in [-0.15, -0.1) is 0 Å². The zero-order valence-corrected chi connectivity index (χ0v) is 12.2. The minimum atomic E-state index is -1.15. The Bertz CT molecular complexity index is 432. The number of aliphatic hydroxyl groups is 2. The second kappa shape index (κ2) is 7.11. The van der Waals surface area contributed by atoms with Crippen LogP contribution < -0.4 is 5.32 Å². The van der Waals surface area contributed by atoms with Gasteiger partial charge in [0.05, 0.1) is 12.2 Å². The lowest BCUT2D eigenvalue weighted by Gasteiger charge is -2.23. The molecule has 114 valence electrons. The molecule has 0 radical (unpaired) electrons. The van der Waals surface area contributed by atoms with E-state index in [1.54, 1.807) is 0 Å². The van der Waals surface area contributed by atoms with Gasteiger partial charge in [-0.25, -0.2) is 8.78 Å². The first-order chi connectivity index (χ1) is 9.19.